The molecule has 194 valence electrons. The van der Waals surface area contributed by atoms with Crippen molar-refractivity contribution in [1.29, 1.82) is 0 Å². The zero-order valence-electron chi connectivity index (χ0n) is 17.9. The predicted octanol–water partition coefficient (Wildman–Crippen LogP) is -7.29. The van der Waals surface area contributed by atoms with Crippen LogP contribution in [0.1, 0.15) is 6.42 Å². The molecule has 0 spiro atoms. The maximum Gasteiger partial charge on any atom is 0.187 e. The Morgan fingerprint density at radius 3 is 1.70 bits per heavy atom. The first-order valence-corrected chi connectivity index (χ1v) is 10.8. The SMILES string of the molecule is NCC1O[C@H](O[C@@H]2C(N)C[C@@H](N)C(OC3O[C@H](CO)C(O)[C@@H](N)[C@H]3O)[C@H]2O)C(O)[C@@H](O)[C@@H]1O. The number of rotatable bonds is 6. The van der Waals surface area contributed by atoms with E-state index in [-0.39, 0.29) is 13.0 Å². The first-order chi connectivity index (χ1) is 15.5. The molecular weight excluding hydrogens is 448 g/mol. The highest BCUT2D eigenvalue weighted by molar-refractivity contribution is 5.01. The molecule has 0 radical (unpaired) electrons. The van der Waals surface area contributed by atoms with Crippen LogP contribution in [-0.2, 0) is 18.9 Å². The van der Waals surface area contributed by atoms with E-state index in [1.54, 1.807) is 0 Å². The Labute approximate surface area is 189 Å². The molecule has 15 N–H and O–H groups in total. The Morgan fingerprint density at radius 1 is 0.667 bits per heavy atom. The van der Waals surface area contributed by atoms with Crippen molar-refractivity contribution >= 4 is 0 Å². The van der Waals surface area contributed by atoms with Gasteiger partial charge in [0.15, 0.2) is 12.6 Å². The summed E-state index contributed by atoms with van der Waals surface area (Å²) in [5, 5.41) is 70.9. The third kappa shape index (κ3) is 5.32. The van der Waals surface area contributed by atoms with Crippen LogP contribution in [0.5, 0.6) is 0 Å². The molecule has 6 unspecified atom stereocenters. The molecular formula is C18H36N4O11. The molecule has 2 saturated heterocycles. The van der Waals surface area contributed by atoms with Crippen LogP contribution in [-0.4, -0.2) is 141 Å². The number of hydrogen-bond acceptors (Lipinski definition) is 15. The van der Waals surface area contributed by atoms with Crippen molar-refractivity contribution < 1.29 is 54.7 Å². The molecule has 2 heterocycles. The summed E-state index contributed by atoms with van der Waals surface area (Å²) >= 11 is 0. The number of nitrogens with two attached hydrogens (primary N) is 4. The molecule has 3 aliphatic rings. The molecule has 0 aromatic heterocycles. The van der Waals surface area contributed by atoms with Gasteiger partial charge in [0.1, 0.15) is 61.0 Å². The molecule has 15 atom stereocenters. The average Bonchev–Trinajstić information content (AvgIpc) is 2.79. The average molecular weight is 485 g/mol. The first kappa shape index (κ1) is 27.0. The summed E-state index contributed by atoms with van der Waals surface area (Å²) in [6, 6.07) is -2.86. The Balaban J connectivity index is 1.72. The number of hydrogen-bond donors (Lipinski definition) is 11. The summed E-state index contributed by atoms with van der Waals surface area (Å²) in [6.07, 6.45) is -16.5. The smallest absolute Gasteiger partial charge is 0.187 e. The molecule has 15 heteroatoms. The lowest BCUT2D eigenvalue weighted by Crippen LogP contribution is -2.68. The van der Waals surface area contributed by atoms with Crippen molar-refractivity contribution in [2.75, 3.05) is 13.2 Å². The lowest BCUT2D eigenvalue weighted by Gasteiger charge is -2.48. The summed E-state index contributed by atoms with van der Waals surface area (Å²) in [6.45, 7) is -0.763. The van der Waals surface area contributed by atoms with Crippen LogP contribution in [0.3, 0.4) is 0 Å². The molecule has 0 bridgehead atoms. The van der Waals surface area contributed by atoms with Gasteiger partial charge in [0.25, 0.3) is 0 Å². The zero-order chi connectivity index (χ0) is 24.6. The van der Waals surface area contributed by atoms with Crippen molar-refractivity contribution in [3.05, 3.63) is 0 Å². The molecule has 15 nitrogen and oxygen atoms in total. The summed E-state index contributed by atoms with van der Waals surface area (Å²) in [5.41, 5.74) is 23.5. The third-order valence-corrected chi connectivity index (χ3v) is 6.48. The fourth-order valence-electron chi connectivity index (χ4n) is 4.40. The topological polar surface area (TPSA) is 283 Å². The highest BCUT2D eigenvalue weighted by atomic mass is 16.7. The van der Waals surface area contributed by atoms with Crippen molar-refractivity contribution in [3.8, 4) is 0 Å². The number of aliphatic hydroxyl groups is 7. The summed E-state index contributed by atoms with van der Waals surface area (Å²) in [4.78, 5) is 0. The molecule has 2 aliphatic heterocycles. The maximum atomic E-state index is 10.9. The predicted molar refractivity (Wildman–Crippen MR) is 108 cm³/mol. The van der Waals surface area contributed by atoms with Crippen LogP contribution in [0.25, 0.3) is 0 Å². The Hall–Kier alpha value is -0.600. The van der Waals surface area contributed by atoms with E-state index in [4.69, 9.17) is 41.9 Å². The van der Waals surface area contributed by atoms with Crippen molar-refractivity contribution in [1.82, 2.24) is 0 Å². The van der Waals surface area contributed by atoms with Gasteiger partial charge in [-0.05, 0) is 6.42 Å². The van der Waals surface area contributed by atoms with E-state index in [2.05, 4.69) is 0 Å². The normalized spacial score (nSPS) is 53.7. The highest BCUT2D eigenvalue weighted by Gasteiger charge is 2.51. The van der Waals surface area contributed by atoms with Gasteiger partial charge in [-0.25, -0.2) is 0 Å². The largest absolute Gasteiger partial charge is 0.394 e. The Bertz CT molecular complexity index is 584. The van der Waals surface area contributed by atoms with Gasteiger partial charge in [0.2, 0.25) is 0 Å². The Morgan fingerprint density at radius 2 is 1.18 bits per heavy atom. The minimum Gasteiger partial charge on any atom is -0.394 e. The van der Waals surface area contributed by atoms with Crippen LogP contribution < -0.4 is 22.9 Å². The van der Waals surface area contributed by atoms with Gasteiger partial charge in [0.05, 0.1) is 12.6 Å². The molecule has 3 rings (SSSR count). The lowest BCUT2D eigenvalue weighted by molar-refractivity contribution is -0.332. The monoisotopic (exact) mass is 484 g/mol. The molecule has 3 fully saturated rings. The van der Waals surface area contributed by atoms with Crippen molar-refractivity contribution in [2.24, 2.45) is 22.9 Å². The third-order valence-electron chi connectivity index (χ3n) is 6.48. The highest BCUT2D eigenvalue weighted by Crippen LogP contribution is 2.31. The zero-order valence-corrected chi connectivity index (χ0v) is 17.9. The van der Waals surface area contributed by atoms with Crippen LogP contribution in [0.4, 0.5) is 0 Å². The molecule has 1 saturated carbocycles. The van der Waals surface area contributed by atoms with Gasteiger partial charge < -0.3 is 77.6 Å². The molecule has 0 aromatic rings. The minimum absolute atomic E-state index is 0.0849. The van der Waals surface area contributed by atoms with Crippen LogP contribution >= 0.6 is 0 Å². The van der Waals surface area contributed by atoms with Gasteiger partial charge >= 0.3 is 0 Å². The van der Waals surface area contributed by atoms with Crippen LogP contribution in [0, 0.1) is 0 Å². The summed E-state index contributed by atoms with van der Waals surface area (Å²) in [5.74, 6) is 0. The van der Waals surface area contributed by atoms with Gasteiger partial charge in [-0.3, -0.25) is 0 Å². The fourth-order valence-corrected chi connectivity index (χ4v) is 4.40. The second-order valence-electron chi connectivity index (χ2n) is 8.79. The summed E-state index contributed by atoms with van der Waals surface area (Å²) < 4.78 is 22.2. The Kier molecular flexibility index (Phi) is 8.99. The maximum absolute atomic E-state index is 10.9. The van der Waals surface area contributed by atoms with E-state index in [1.165, 1.54) is 0 Å². The molecule has 33 heavy (non-hydrogen) atoms. The first-order valence-electron chi connectivity index (χ1n) is 10.8. The lowest BCUT2D eigenvalue weighted by atomic mass is 9.84. The van der Waals surface area contributed by atoms with Crippen LogP contribution in [0.2, 0.25) is 0 Å². The molecule has 0 amide bonds. The van der Waals surface area contributed by atoms with Crippen molar-refractivity contribution in [2.45, 2.75) is 98.2 Å². The fraction of sp³-hybridized carbons (Fsp3) is 1.00. The van der Waals surface area contributed by atoms with E-state index in [9.17, 15) is 35.7 Å². The van der Waals surface area contributed by atoms with Gasteiger partial charge in [0, 0.05) is 18.6 Å². The van der Waals surface area contributed by atoms with E-state index in [0.717, 1.165) is 0 Å². The van der Waals surface area contributed by atoms with E-state index >= 15 is 0 Å². The van der Waals surface area contributed by atoms with E-state index in [0.29, 0.717) is 0 Å². The quantitative estimate of drug-likeness (QED) is 0.167. The number of ether oxygens (including phenoxy) is 4. The second-order valence-corrected chi connectivity index (χ2v) is 8.79. The second kappa shape index (κ2) is 11.0. The standard InChI is InChI=1S/C18H36N4O11/c19-2-6-10(25)12(27)13(28)18(30-6)33-16-5(21)1-4(20)15(14(16)29)32-17-11(26)8(22)9(24)7(3-23)31-17/h4-18,23-29H,1-3,19-22H2/t4-,5?,6?,7-,8-,9?,10-,11-,12+,13?,14-,15?,16-,17?,18-/m1/s1. The molecule has 1 aliphatic carbocycles. The minimum atomic E-state index is -1.66. The van der Waals surface area contributed by atoms with Crippen molar-refractivity contribution in [3.63, 3.8) is 0 Å². The van der Waals surface area contributed by atoms with E-state index < -0.39 is 98.4 Å². The van der Waals surface area contributed by atoms with E-state index in [1.807, 2.05) is 0 Å². The van der Waals surface area contributed by atoms with Gasteiger partial charge in [-0.1, -0.05) is 0 Å². The van der Waals surface area contributed by atoms with Gasteiger partial charge in [-0.2, -0.15) is 0 Å². The summed E-state index contributed by atoms with van der Waals surface area (Å²) in [7, 11) is 0. The van der Waals surface area contributed by atoms with Crippen LogP contribution in [0.15, 0.2) is 0 Å². The van der Waals surface area contributed by atoms with Gasteiger partial charge in [-0.15, -0.1) is 0 Å². The molecule has 0 aromatic carbocycles. The number of aliphatic hydroxyl groups excluding tert-OH is 7.